The number of hydrogen-bond donors (Lipinski definition) is 4. The van der Waals surface area contributed by atoms with Gasteiger partial charge in [-0.25, -0.2) is 9.59 Å². The van der Waals surface area contributed by atoms with E-state index in [1.165, 1.54) is 17.3 Å². The highest BCUT2D eigenvalue weighted by molar-refractivity contribution is 9.69. The number of aromatic hydroxyl groups is 1. The van der Waals surface area contributed by atoms with Crippen molar-refractivity contribution in [3.8, 4) is 17.2 Å². The Kier molecular flexibility index (Phi) is 28.0. The van der Waals surface area contributed by atoms with Crippen LogP contribution in [0.1, 0.15) is 37.4 Å². The Bertz CT molecular complexity index is 2310. The van der Waals surface area contributed by atoms with Crippen LogP contribution in [0.25, 0.3) is 0 Å². The number of halogens is 4. The van der Waals surface area contributed by atoms with Crippen LogP contribution < -0.4 is 9.47 Å². The topological polar surface area (TPSA) is 147 Å². The molecule has 0 bridgehead atoms. The van der Waals surface area contributed by atoms with E-state index in [4.69, 9.17) is 29.3 Å². The molecule has 0 fully saturated rings. The molecule has 3 N–H and O–H groups in total. The summed E-state index contributed by atoms with van der Waals surface area (Å²) in [6.07, 6.45) is 0.250. The number of carbonyl (C=O) groups is 2. The maximum absolute atomic E-state index is 10.9. The van der Waals surface area contributed by atoms with Crippen molar-refractivity contribution >= 4 is 121 Å². The lowest BCUT2D eigenvalue weighted by Crippen LogP contribution is -1.95. The first-order valence-corrected chi connectivity index (χ1v) is 23.0. The van der Waals surface area contributed by atoms with Gasteiger partial charge in [0.2, 0.25) is 0 Å². The van der Waals surface area contributed by atoms with Gasteiger partial charge in [0.25, 0.3) is 0 Å². The molecule has 0 spiro atoms. The second kappa shape index (κ2) is 31.0. The number of hydrogen-bond acceptors (Lipinski definition) is 10. The lowest BCUT2D eigenvalue weighted by Gasteiger charge is -2.08. The van der Waals surface area contributed by atoms with E-state index < -0.39 is 11.9 Å². The monoisotopic (exact) mass is 1140 g/mol. The standard InChI is InChI=1S/C15H14O3S.C14H12O3S.C8H9BrO.C6H6S.CO2.BBr3/c1-10-8-12(18-2)6-7-14(10)19-13-5-3-4-11(9-13)15(16)17;1-9-7-11(15)5-6-13(9)18-12-4-2-3-10(8-12)14(16)17;1-6-5-7(10-2)3-4-8(6)9;7-6-4-2-1-3-5-6;2-1-3;2-1(3)4/h3-9H,1-2H3,(H,16,17);2-8,15H,1H3,(H,16,17);3-5H,1-2H3;1-5,7H;;. The third-order valence-corrected chi connectivity index (χ3v) is 10.8. The van der Waals surface area contributed by atoms with Crippen molar-refractivity contribution in [2.45, 2.75) is 45.2 Å². The SMILES string of the molecule is BrB(Br)Br.COc1ccc(Br)c(C)c1.COc1ccc(Sc2cccc(C(=O)O)c2)c(C)c1.Cc1cc(O)ccc1Sc1cccc(C(=O)O)c1.O=C=O.Sc1ccccc1. The average molecular weight is 1140 g/mol. The Hall–Kier alpha value is -3.93. The normalized spacial score (nSPS) is 9.34. The number of methoxy groups -OCH3 is 2. The number of phenols is 1. The second-order valence-corrected chi connectivity index (χ2v) is 21.8. The Morgan fingerprint density at radius 2 is 1.02 bits per heavy atom. The van der Waals surface area contributed by atoms with Gasteiger partial charge in [-0.05, 0) is 141 Å². The number of carboxylic acid groups (broad SMARTS) is 2. The third-order valence-electron chi connectivity index (χ3n) is 7.28. The Labute approximate surface area is 403 Å². The summed E-state index contributed by atoms with van der Waals surface area (Å²) >= 11 is 19.8. The second-order valence-electron chi connectivity index (χ2n) is 11.7. The van der Waals surface area contributed by atoms with Gasteiger partial charge >= 0.3 is 21.3 Å². The van der Waals surface area contributed by atoms with Crippen molar-refractivity contribution in [3.63, 3.8) is 0 Å². The van der Waals surface area contributed by atoms with E-state index in [2.05, 4.69) is 75.8 Å². The fraction of sp³-hybridized carbons (Fsp3) is 0.114. The quantitative estimate of drug-likeness (QED) is 0.0853. The maximum Gasteiger partial charge on any atom is 0.373 e. The van der Waals surface area contributed by atoms with E-state index in [0.29, 0.717) is 5.56 Å². The molecule has 9 nitrogen and oxygen atoms in total. The molecule has 0 aliphatic rings. The van der Waals surface area contributed by atoms with E-state index in [9.17, 15) is 14.7 Å². The van der Waals surface area contributed by atoms with Gasteiger partial charge in [0.15, 0.2) is 0 Å². The molecule has 0 radical (unpaired) electrons. The van der Waals surface area contributed by atoms with Gasteiger partial charge in [-0.15, -0.1) is 59.9 Å². The molecule has 6 aromatic rings. The van der Waals surface area contributed by atoms with Gasteiger partial charge in [0.05, 0.1) is 25.3 Å². The predicted octanol–water partition coefficient (Wildman–Crippen LogP) is 13.7. The van der Waals surface area contributed by atoms with Crippen molar-refractivity contribution in [3.05, 3.63) is 166 Å². The van der Waals surface area contributed by atoms with Crippen molar-refractivity contribution in [1.29, 1.82) is 0 Å². The largest absolute Gasteiger partial charge is 0.508 e. The van der Waals surface area contributed by atoms with Gasteiger partial charge in [0, 0.05) is 29.0 Å². The summed E-state index contributed by atoms with van der Waals surface area (Å²) < 4.78 is 11.6. The number of ether oxygens (including phenoxy) is 2. The molecule has 0 aromatic heterocycles. The number of benzene rings is 6. The Morgan fingerprint density at radius 1 is 0.607 bits per heavy atom. The molecule has 0 aliphatic carbocycles. The first-order valence-electron chi connectivity index (χ1n) is 17.4. The minimum absolute atomic E-state index is 0.233. The zero-order valence-corrected chi connectivity index (χ0v) is 42.2. The summed E-state index contributed by atoms with van der Waals surface area (Å²) in [6.45, 7) is 5.95. The van der Waals surface area contributed by atoms with E-state index >= 15 is 0 Å². The molecule has 0 amide bonds. The lowest BCUT2D eigenvalue weighted by atomic mass is 10.2. The summed E-state index contributed by atoms with van der Waals surface area (Å²) in [7, 11) is 3.31. The summed E-state index contributed by atoms with van der Waals surface area (Å²) in [5, 5.41) is 27.2. The molecule has 0 atom stereocenters. The van der Waals surface area contributed by atoms with Gasteiger partial charge < -0.3 is 24.8 Å². The van der Waals surface area contributed by atoms with Crippen LogP contribution in [-0.2, 0) is 9.59 Å². The number of carbonyl (C=O) groups excluding carboxylic acids is 2. The average Bonchev–Trinajstić information content (AvgIpc) is 3.22. The smallest absolute Gasteiger partial charge is 0.373 e. The number of carboxylic acids is 2. The highest BCUT2D eigenvalue weighted by atomic mass is 79.9. The van der Waals surface area contributed by atoms with Crippen LogP contribution in [0, 0.1) is 20.8 Å². The Balaban J connectivity index is 0.000000406. The summed E-state index contributed by atoms with van der Waals surface area (Å²) in [5.41, 5.74) is 3.83. The van der Waals surface area contributed by atoms with E-state index in [1.54, 1.807) is 74.5 Å². The highest BCUT2D eigenvalue weighted by Gasteiger charge is 2.08. The zero-order valence-electron chi connectivity index (χ0n) is 33.3. The van der Waals surface area contributed by atoms with Gasteiger partial charge in [-0.2, -0.15) is 9.59 Å². The maximum atomic E-state index is 10.9. The van der Waals surface area contributed by atoms with Crippen LogP contribution in [0.4, 0.5) is 0 Å². The van der Waals surface area contributed by atoms with E-state index in [0.717, 1.165) is 51.6 Å². The summed E-state index contributed by atoms with van der Waals surface area (Å²) in [6, 6.07) is 40.4. The molecule has 6 aromatic carbocycles. The summed E-state index contributed by atoms with van der Waals surface area (Å²) in [5.74, 6) is 0.117. The van der Waals surface area contributed by atoms with Crippen molar-refractivity contribution in [1.82, 2.24) is 0 Å². The number of rotatable bonds is 8. The minimum Gasteiger partial charge on any atom is -0.508 e. The highest BCUT2D eigenvalue weighted by Crippen LogP contribution is 2.33. The molecule has 61 heavy (non-hydrogen) atoms. The third kappa shape index (κ3) is 23.8. The molecular weight excluding hydrogens is 1100 g/mol. The molecule has 0 saturated carbocycles. The minimum atomic E-state index is -0.931. The fourth-order valence-electron chi connectivity index (χ4n) is 4.42. The molecule has 17 heteroatoms. The van der Waals surface area contributed by atoms with Crippen molar-refractivity contribution in [2.24, 2.45) is 0 Å². The molecule has 0 unspecified atom stereocenters. The van der Waals surface area contributed by atoms with Crippen molar-refractivity contribution in [2.75, 3.05) is 14.2 Å². The van der Waals surface area contributed by atoms with Crippen LogP contribution >= 0.6 is 99.4 Å². The van der Waals surface area contributed by atoms with Crippen LogP contribution in [0.5, 0.6) is 17.2 Å². The van der Waals surface area contributed by atoms with E-state index in [1.807, 2.05) is 106 Å². The fourth-order valence-corrected chi connectivity index (χ4v) is 6.73. The summed E-state index contributed by atoms with van der Waals surface area (Å²) in [4.78, 5) is 42.9. The number of phenolic OH excluding ortho intramolecular Hbond substituents is 1. The van der Waals surface area contributed by atoms with Crippen molar-refractivity contribution < 1.29 is 44.0 Å². The lowest BCUT2D eigenvalue weighted by molar-refractivity contribution is -0.191. The number of aryl methyl sites for hydroxylation is 3. The molecule has 320 valence electrons. The first-order chi connectivity index (χ1) is 28.9. The van der Waals surface area contributed by atoms with Gasteiger partial charge in [-0.1, -0.05) is 69.8 Å². The Morgan fingerprint density at radius 3 is 1.38 bits per heavy atom. The van der Waals surface area contributed by atoms with Crippen LogP contribution in [0.2, 0.25) is 0 Å². The molecule has 0 saturated heterocycles. The number of aromatic carboxylic acids is 2. The zero-order chi connectivity index (χ0) is 45.9. The molecule has 0 heterocycles. The van der Waals surface area contributed by atoms with Crippen LogP contribution in [-0.4, -0.2) is 50.8 Å². The van der Waals surface area contributed by atoms with Crippen LogP contribution in [0.3, 0.4) is 0 Å². The molecule has 6 rings (SSSR count). The molecule has 0 aliphatic heterocycles. The molecular formula is C44H41BBr4O9S3. The van der Waals surface area contributed by atoms with Crippen LogP contribution in [0.15, 0.2) is 162 Å². The van der Waals surface area contributed by atoms with Gasteiger partial charge in [-0.3, -0.25) is 0 Å². The van der Waals surface area contributed by atoms with E-state index in [-0.39, 0.29) is 20.6 Å². The first kappa shape index (κ1) is 55.1. The number of thiol groups is 1. The van der Waals surface area contributed by atoms with Gasteiger partial charge in [0.1, 0.15) is 17.2 Å². The predicted molar refractivity (Wildman–Crippen MR) is 262 cm³/mol.